The molecule has 0 fully saturated rings. The van der Waals surface area contributed by atoms with Crippen molar-refractivity contribution in [3.05, 3.63) is 12.2 Å². The lowest BCUT2D eigenvalue weighted by molar-refractivity contribution is 0.170. The van der Waals surface area contributed by atoms with Crippen LogP contribution >= 0.6 is 0 Å². The number of aliphatic hydroxyl groups is 1. The second-order valence-electron chi connectivity index (χ2n) is 3.67. The third-order valence-electron chi connectivity index (χ3n) is 2.11. The largest absolute Gasteiger partial charge is 0.393 e. The number of rotatable bonds is 5. The molecule has 0 aliphatic heterocycles. The Morgan fingerprint density at radius 2 is 2.29 bits per heavy atom. The molecule has 2 atom stereocenters. The summed E-state index contributed by atoms with van der Waals surface area (Å²) < 4.78 is 1.74. The molecule has 0 amide bonds. The standard InChI is InChI=1S/C9H18N4O/c1-7(4-8(2)14)10-5-9-11-6-12-13(9)3/h6-8,10,14H,4-5H2,1-3H3. The van der Waals surface area contributed by atoms with Gasteiger partial charge in [-0.1, -0.05) is 0 Å². The summed E-state index contributed by atoms with van der Waals surface area (Å²) in [6.45, 7) is 4.52. The van der Waals surface area contributed by atoms with Gasteiger partial charge in [0.2, 0.25) is 0 Å². The normalized spacial score (nSPS) is 15.4. The zero-order valence-corrected chi connectivity index (χ0v) is 8.94. The van der Waals surface area contributed by atoms with Crippen molar-refractivity contribution in [3.8, 4) is 0 Å². The van der Waals surface area contributed by atoms with Crippen LogP contribution in [0.5, 0.6) is 0 Å². The fourth-order valence-corrected chi connectivity index (χ4v) is 1.34. The van der Waals surface area contributed by atoms with Gasteiger partial charge in [0, 0.05) is 13.1 Å². The third-order valence-corrected chi connectivity index (χ3v) is 2.11. The van der Waals surface area contributed by atoms with Crippen LogP contribution in [0.2, 0.25) is 0 Å². The van der Waals surface area contributed by atoms with E-state index < -0.39 is 0 Å². The number of nitrogens with one attached hydrogen (secondary N) is 1. The maximum Gasteiger partial charge on any atom is 0.140 e. The first-order valence-corrected chi connectivity index (χ1v) is 4.84. The molecule has 0 bridgehead atoms. The van der Waals surface area contributed by atoms with Crippen LogP contribution in [0.4, 0.5) is 0 Å². The van der Waals surface area contributed by atoms with Crippen molar-refractivity contribution < 1.29 is 5.11 Å². The van der Waals surface area contributed by atoms with Gasteiger partial charge in [-0.25, -0.2) is 4.98 Å². The van der Waals surface area contributed by atoms with Crippen LogP contribution in [0, 0.1) is 0 Å². The summed E-state index contributed by atoms with van der Waals surface area (Å²) in [4.78, 5) is 4.09. The average molecular weight is 198 g/mol. The molecule has 1 heterocycles. The monoisotopic (exact) mass is 198 g/mol. The highest BCUT2D eigenvalue weighted by atomic mass is 16.3. The van der Waals surface area contributed by atoms with Crippen LogP contribution < -0.4 is 5.32 Å². The number of hydrogen-bond donors (Lipinski definition) is 2. The van der Waals surface area contributed by atoms with Gasteiger partial charge in [0.25, 0.3) is 0 Å². The van der Waals surface area contributed by atoms with Crippen molar-refractivity contribution in [2.45, 2.75) is 39.0 Å². The van der Waals surface area contributed by atoms with Gasteiger partial charge in [-0.3, -0.25) is 4.68 Å². The molecular weight excluding hydrogens is 180 g/mol. The van der Waals surface area contributed by atoms with Crippen molar-refractivity contribution in [1.29, 1.82) is 0 Å². The van der Waals surface area contributed by atoms with Crippen molar-refractivity contribution >= 4 is 0 Å². The highest BCUT2D eigenvalue weighted by Crippen LogP contribution is 1.98. The molecule has 5 heteroatoms. The minimum absolute atomic E-state index is 0.267. The van der Waals surface area contributed by atoms with Gasteiger partial charge >= 0.3 is 0 Å². The Balaban J connectivity index is 2.30. The van der Waals surface area contributed by atoms with Crippen LogP contribution in [-0.4, -0.2) is 32.0 Å². The summed E-state index contributed by atoms with van der Waals surface area (Å²) in [6.07, 6.45) is 2.02. The van der Waals surface area contributed by atoms with Crippen molar-refractivity contribution in [2.24, 2.45) is 7.05 Å². The molecule has 80 valence electrons. The molecule has 1 rings (SSSR count). The van der Waals surface area contributed by atoms with Gasteiger partial charge in [0.15, 0.2) is 0 Å². The molecule has 0 aliphatic rings. The molecule has 0 aliphatic carbocycles. The molecule has 0 aromatic carbocycles. The molecule has 14 heavy (non-hydrogen) atoms. The predicted molar refractivity (Wildman–Crippen MR) is 53.6 cm³/mol. The molecule has 1 aromatic heterocycles. The number of aliphatic hydroxyl groups excluding tert-OH is 1. The van der Waals surface area contributed by atoms with Gasteiger partial charge < -0.3 is 10.4 Å². The average Bonchev–Trinajstić information content (AvgIpc) is 2.46. The summed E-state index contributed by atoms with van der Waals surface area (Å²) in [6, 6.07) is 0.284. The Kier molecular flexibility index (Phi) is 4.03. The molecule has 0 radical (unpaired) electrons. The Hall–Kier alpha value is -0.940. The molecule has 1 aromatic rings. The maximum atomic E-state index is 9.16. The molecule has 2 unspecified atom stereocenters. The first-order chi connectivity index (χ1) is 6.59. The molecule has 2 N–H and O–H groups in total. The van der Waals surface area contributed by atoms with E-state index in [4.69, 9.17) is 5.11 Å². The van der Waals surface area contributed by atoms with Crippen LogP contribution in [0.1, 0.15) is 26.1 Å². The van der Waals surface area contributed by atoms with Gasteiger partial charge in [-0.15, -0.1) is 0 Å². The van der Waals surface area contributed by atoms with Crippen molar-refractivity contribution in [2.75, 3.05) is 0 Å². The summed E-state index contributed by atoms with van der Waals surface area (Å²) in [7, 11) is 1.86. The summed E-state index contributed by atoms with van der Waals surface area (Å²) in [5.74, 6) is 0.905. The minimum atomic E-state index is -0.267. The zero-order valence-electron chi connectivity index (χ0n) is 8.94. The van der Waals surface area contributed by atoms with E-state index in [-0.39, 0.29) is 12.1 Å². The summed E-state index contributed by atoms with van der Waals surface area (Å²) >= 11 is 0. The van der Waals surface area contributed by atoms with Crippen LogP contribution in [0.25, 0.3) is 0 Å². The van der Waals surface area contributed by atoms with Crippen LogP contribution in [0.3, 0.4) is 0 Å². The quantitative estimate of drug-likeness (QED) is 0.702. The van der Waals surface area contributed by atoms with E-state index in [9.17, 15) is 0 Å². The maximum absolute atomic E-state index is 9.16. The summed E-state index contributed by atoms with van der Waals surface area (Å²) in [5.41, 5.74) is 0. The van der Waals surface area contributed by atoms with Gasteiger partial charge in [0.1, 0.15) is 12.2 Å². The first kappa shape index (κ1) is 11.1. The lowest BCUT2D eigenvalue weighted by atomic mass is 10.1. The molecule has 5 nitrogen and oxygen atoms in total. The molecule has 0 saturated carbocycles. The topological polar surface area (TPSA) is 63.0 Å². The highest BCUT2D eigenvalue weighted by molar-refractivity contribution is 4.83. The fraction of sp³-hybridized carbons (Fsp3) is 0.778. The molecule has 0 saturated heterocycles. The Morgan fingerprint density at radius 3 is 2.79 bits per heavy atom. The van der Waals surface area contributed by atoms with Gasteiger partial charge in [-0.05, 0) is 20.3 Å². The third kappa shape index (κ3) is 3.43. The Morgan fingerprint density at radius 1 is 1.57 bits per heavy atom. The van der Waals surface area contributed by atoms with Gasteiger partial charge in [0.05, 0.1) is 12.6 Å². The number of aryl methyl sites for hydroxylation is 1. The van der Waals surface area contributed by atoms with Crippen LogP contribution in [-0.2, 0) is 13.6 Å². The second kappa shape index (κ2) is 5.07. The van der Waals surface area contributed by atoms with Gasteiger partial charge in [-0.2, -0.15) is 5.10 Å². The van der Waals surface area contributed by atoms with E-state index in [0.717, 1.165) is 12.2 Å². The predicted octanol–water partition coefficient (Wildman–Crippen LogP) is 0.0641. The van der Waals surface area contributed by atoms with E-state index in [1.165, 1.54) is 6.33 Å². The Labute approximate surface area is 84.2 Å². The first-order valence-electron chi connectivity index (χ1n) is 4.84. The van der Waals surface area contributed by atoms with E-state index in [1.807, 2.05) is 14.0 Å². The number of nitrogens with zero attached hydrogens (tertiary/aromatic N) is 3. The number of hydrogen-bond acceptors (Lipinski definition) is 4. The molecular formula is C9H18N4O. The van der Waals surface area contributed by atoms with Crippen molar-refractivity contribution in [1.82, 2.24) is 20.1 Å². The van der Waals surface area contributed by atoms with E-state index in [1.54, 1.807) is 11.6 Å². The van der Waals surface area contributed by atoms with Crippen LogP contribution in [0.15, 0.2) is 6.33 Å². The lowest BCUT2D eigenvalue weighted by Gasteiger charge is -2.14. The molecule has 0 spiro atoms. The number of aromatic nitrogens is 3. The smallest absolute Gasteiger partial charge is 0.140 e. The lowest BCUT2D eigenvalue weighted by Crippen LogP contribution is -2.29. The zero-order chi connectivity index (χ0) is 10.6. The van der Waals surface area contributed by atoms with E-state index >= 15 is 0 Å². The summed E-state index contributed by atoms with van der Waals surface area (Å²) in [5, 5.41) is 16.4. The minimum Gasteiger partial charge on any atom is -0.393 e. The van der Waals surface area contributed by atoms with Crippen molar-refractivity contribution in [3.63, 3.8) is 0 Å². The second-order valence-corrected chi connectivity index (χ2v) is 3.67. The Bertz CT molecular complexity index is 272. The SMILES string of the molecule is CC(O)CC(C)NCc1ncnn1C. The van der Waals surface area contributed by atoms with E-state index in [2.05, 4.69) is 15.4 Å². The highest BCUT2D eigenvalue weighted by Gasteiger charge is 2.06. The fourth-order valence-electron chi connectivity index (χ4n) is 1.34. The van der Waals surface area contributed by atoms with E-state index in [0.29, 0.717) is 6.54 Å².